The summed E-state index contributed by atoms with van der Waals surface area (Å²) < 4.78 is 2.01. The van der Waals surface area contributed by atoms with Gasteiger partial charge in [-0.15, -0.1) is 34.2 Å². The van der Waals surface area contributed by atoms with Crippen LogP contribution in [0.5, 0.6) is 0 Å². The fraction of sp³-hybridized carbons (Fsp3) is 0.667. The summed E-state index contributed by atoms with van der Waals surface area (Å²) in [4.78, 5) is 18.5. The Morgan fingerprint density at radius 3 is 2.63 bits per heavy atom. The highest BCUT2D eigenvalue weighted by Crippen LogP contribution is 1.99. The molecule has 0 aliphatic carbocycles. The van der Waals surface area contributed by atoms with E-state index in [1.54, 1.807) is 6.33 Å². The standard InChI is InChI=1S/C18H33N7O.HI/c1-8-15-23-21-13-25(15)10-9-19-17(20-11-14(2)3)24(7)12-16(26)22-18(4,5)6;/h13H,2,8-12H2,1,3-7H3,(H,19,20)(H,22,26);1H. The second kappa shape index (κ2) is 11.9. The number of guanidine groups is 1. The molecule has 1 heterocycles. The highest BCUT2D eigenvalue weighted by atomic mass is 127. The first-order valence-corrected chi connectivity index (χ1v) is 8.94. The van der Waals surface area contributed by atoms with Gasteiger partial charge in [0.05, 0.1) is 13.1 Å². The molecule has 1 rings (SSSR count). The molecule has 27 heavy (non-hydrogen) atoms. The van der Waals surface area contributed by atoms with Gasteiger partial charge < -0.3 is 20.1 Å². The SMILES string of the molecule is C=C(C)CN=C(NCCn1cnnc1CC)N(C)CC(=O)NC(C)(C)C.I. The number of aliphatic imine (C=N–C) groups is 1. The summed E-state index contributed by atoms with van der Waals surface area (Å²) in [6.07, 6.45) is 2.56. The lowest BCUT2D eigenvalue weighted by Crippen LogP contribution is -2.49. The van der Waals surface area contributed by atoms with Gasteiger partial charge in [-0.05, 0) is 27.7 Å². The third-order valence-electron chi connectivity index (χ3n) is 3.40. The summed E-state index contributed by atoms with van der Waals surface area (Å²) in [5.41, 5.74) is 0.703. The number of halogens is 1. The van der Waals surface area contributed by atoms with Crippen molar-refractivity contribution in [1.29, 1.82) is 0 Å². The van der Waals surface area contributed by atoms with E-state index in [0.29, 0.717) is 19.0 Å². The fourth-order valence-electron chi connectivity index (χ4n) is 2.30. The van der Waals surface area contributed by atoms with E-state index in [1.807, 2.05) is 44.2 Å². The van der Waals surface area contributed by atoms with Gasteiger partial charge in [0.25, 0.3) is 0 Å². The number of aromatic nitrogens is 3. The monoisotopic (exact) mass is 491 g/mol. The number of hydrogen-bond donors (Lipinski definition) is 2. The summed E-state index contributed by atoms with van der Waals surface area (Å²) in [5.74, 6) is 1.57. The molecule has 0 radical (unpaired) electrons. The summed E-state index contributed by atoms with van der Waals surface area (Å²) in [7, 11) is 1.85. The number of nitrogens with zero attached hydrogens (tertiary/aromatic N) is 5. The molecule has 0 bridgehead atoms. The van der Waals surface area contributed by atoms with Crippen molar-refractivity contribution in [3.05, 3.63) is 24.3 Å². The third kappa shape index (κ3) is 10.3. The lowest BCUT2D eigenvalue weighted by molar-refractivity contribution is -0.122. The molecule has 1 aromatic rings. The molecular weight excluding hydrogens is 457 g/mol. The van der Waals surface area contributed by atoms with Gasteiger partial charge in [0.2, 0.25) is 5.91 Å². The molecule has 8 nitrogen and oxygen atoms in total. The second-order valence-electron chi connectivity index (χ2n) is 7.47. The van der Waals surface area contributed by atoms with E-state index in [1.165, 1.54) is 0 Å². The fourth-order valence-corrected chi connectivity index (χ4v) is 2.30. The Bertz CT molecular complexity index is 634. The van der Waals surface area contributed by atoms with E-state index in [-0.39, 0.29) is 42.0 Å². The van der Waals surface area contributed by atoms with Crippen LogP contribution in [0, 0.1) is 0 Å². The Balaban J connectivity index is 0.00000676. The summed E-state index contributed by atoms with van der Waals surface area (Å²) in [6, 6.07) is 0. The molecule has 0 unspecified atom stereocenters. The van der Waals surface area contributed by atoms with Crippen LogP contribution in [0.3, 0.4) is 0 Å². The van der Waals surface area contributed by atoms with Gasteiger partial charge in [-0.3, -0.25) is 4.79 Å². The van der Waals surface area contributed by atoms with Crippen LogP contribution in [0.4, 0.5) is 0 Å². The van der Waals surface area contributed by atoms with Crippen molar-refractivity contribution in [3.8, 4) is 0 Å². The van der Waals surface area contributed by atoms with Gasteiger partial charge in [-0.2, -0.15) is 0 Å². The number of amides is 1. The van der Waals surface area contributed by atoms with E-state index in [0.717, 1.165) is 24.4 Å². The summed E-state index contributed by atoms with van der Waals surface area (Å²) >= 11 is 0. The molecule has 0 atom stereocenters. The Hall–Kier alpha value is -1.65. The van der Waals surface area contributed by atoms with Crippen molar-refractivity contribution in [1.82, 2.24) is 30.3 Å². The molecule has 0 fully saturated rings. The predicted octanol–water partition coefficient (Wildman–Crippen LogP) is 1.83. The van der Waals surface area contributed by atoms with Crippen LogP contribution in [-0.4, -0.2) is 63.8 Å². The van der Waals surface area contributed by atoms with Crippen molar-refractivity contribution in [3.63, 3.8) is 0 Å². The van der Waals surface area contributed by atoms with E-state index < -0.39 is 0 Å². The lowest BCUT2D eigenvalue weighted by atomic mass is 10.1. The number of aryl methyl sites for hydroxylation is 1. The molecule has 0 aromatic carbocycles. The van der Waals surface area contributed by atoms with Crippen LogP contribution in [-0.2, 0) is 17.8 Å². The van der Waals surface area contributed by atoms with Crippen molar-refractivity contribution in [2.75, 3.05) is 26.7 Å². The molecule has 0 saturated heterocycles. The summed E-state index contributed by atoms with van der Waals surface area (Å²) in [6.45, 7) is 15.9. The minimum absolute atomic E-state index is 0. The first-order chi connectivity index (χ1) is 12.1. The van der Waals surface area contributed by atoms with Crippen LogP contribution in [0.15, 0.2) is 23.5 Å². The zero-order valence-electron chi connectivity index (χ0n) is 17.4. The second-order valence-corrected chi connectivity index (χ2v) is 7.47. The largest absolute Gasteiger partial charge is 0.354 e. The molecule has 0 aliphatic rings. The number of carbonyl (C=O) groups is 1. The average molecular weight is 491 g/mol. The molecule has 1 aromatic heterocycles. The maximum atomic E-state index is 12.2. The van der Waals surface area contributed by atoms with Crippen molar-refractivity contribution >= 4 is 35.8 Å². The van der Waals surface area contributed by atoms with Gasteiger partial charge in [-0.1, -0.05) is 19.1 Å². The lowest BCUT2D eigenvalue weighted by Gasteiger charge is -2.25. The minimum atomic E-state index is -0.259. The highest BCUT2D eigenvalue weighted by Gasteiger charge is 2.17. The van der Waals surface area contributed by atoms with Gasteiger partial charge in [0.1, 0.15) is 12.2 Å². The van der Waals surface area contributed by atoms with E-state index >= 15 is 0 Å². The van der Waals surface area contributed by atoms with Crippen molar-refractivity contribution in [2.24, 2.45) is 4.99 Å². The molecule has 0 spiro atoms. The molecule has 9 heteroatoms. The van der Waals surface area contributed by atoms with Crippen molar-refractivity contribution < 1.29 is 4.79 Å². The maximum absolute atomic E-state index is 12.2. The number of likely N-dealkylation sites (N-methyl/N-ethyl adjacent to an activating group) is 1. The molecule has 0 saturated carbocycles. The Morgan fingerprint density at radius 1 is 1.41 bits per heavy atom. The Kier molecular flexibility index (Phi) is 11.2. The molecular formula is C18H34IN7O. The first kappa shape index (κ1) is 25.4. The molecule has 154 valence electrons. The van der Waals surface area contributed by atoms with Gasteiger partial charge in [-0.25, -0.2) is 4.99 Å². The zero-order chi connectivity index (χ0) is 19.7. The molecule has 1 amide bonds. The number of rotatable bonds is 8. The quantitative estimate of drug-likeness (QED) is 0.251. The average Bonchev–Trinajstić information content (AvgIpc) is 2.95. The van der Waals surface area contributed by atoms with E-state index in [2.05, 4.69) is 39.3 Å². The smallest absolute Gasteiger partial charge is 0.240 e. The maximum Gasteiger partial charge on any atom is 0.240 e. The third-order valence-corrected chi connectivity index (χ3v) is 3.40. The number of carbonyl (C=O) groups excluding carboxylic acids is 1. The van der Waals surface area contributed by atoms with Gasteiger partial charge in [0, 0.05) is 32.1 Å². The minimum Gasteiger partial charge on any atom is -0.354 e. The van der Waals surface area contributed by atoms with Gasteiger partial charge >= 0.3 is 0 Å². The Morgan fingerprint density at radius 2 is 2.07 bits per heavy atom. The zero-order valence-corrected chi connectivity index (χ0v) is 19.7. The van der Waals surface area contributed by atoms with Crippen LogP contribution >= 0.6 is 24.0 Å². The first-order valence-electron chi connectivity index (χ1n) is 8.94. The van der Waals surface area contributed by atoms with Crippen LogP contribution in [0.1, 0.15) is 40.4 Å². The normalized spacial score (nSPS) is 11.6. The molecule has 2 N–H and O–H groups in total. The number of hydrogen-bond acceptors (Lipinski definition) is 4. The molecule has 0 aliphatic heterocycles. The summed E-state index contributed by atoms with van der Waals surface area (Å²) in [5, 5.41) is 14.3. The van der Waals surface area contributed by atoms with E-state index in [9.17, 15) is 4.79 Å². The van der Waals surface area contributed by atoms with Gasteiger partial charge in [0.15, 0.2) is 5.96 Å². The predicted molar refractivity (Wildman–Crippen MR) is 120 cm³/mol. The van der Waals surface area contributed by atoms with Crippen LogP contribution < -0.4 is 10.6 Å². The van der Waals surface area contributed by atoms with E-state index in [4.69, 9.17) is 0 Å². The Labute approximate surface area is 179 Å². The number of nitrogens with one attached hydrogen (secondary N) is 2. The van der Waals surface area contributed by atoms with Crippen LogP contribution in [0.2, 0.25) is 0 Å². The van der Waals surface area contributed by atoms with Crippen molar-refractivity contribution in [2.45, 2.75) is 53.1 Å². The highest BCUT2D eigenvalue weighted by molar-refractivity contribution is 14.0. The van der Waals surface area contributed by atoms with Crippen LogP contribution in [0.25, 0.3) is 0 Å². The topological polar surface area (TPSA) is 87.4 Å².